The van der Waals surface area contributed by atoms with Gasteiger partial charge in [0.1, 0.15) is 6.04 Å². The van der Waals surface area contributed by atoms with Crippen LogP contribution in [0.5, 0.6) is 0 Å². The molecule has 0 unspecified atom stereocenters. The number of hydrogen-bond acceptors (Lipinski definition) is 3. The number of benzene rings is 2. The number of carbonyl (C=O) groups is 2. The third kappa shape index (κ3) is 5.32. The molecule has 5 nitrogen and oxygen atoms in total. The lowest BCUT2D eigenvalue weighted by atomic mass is 9.81. The maximum absolute atomic E-state index is 12.6. The summed E-state index contributed by atoms with van der Waals surface area (Å²) in [5.74, 6) is -0.550. The van der Waals surface area contributed by atoms with E-state index in [0.717, 1.165) is 55.1 Å². The summed E-state index contributed by atoms with van der Waals surface area (Å²) in [6.07, 6.45) is 4.01. The third-order valence-corrected chi connectivity index (χ3v) is 5.77. The van der Waals surface area contributed by atoms with Crippen LogP contribution in [0.3, 0.4) is 0 Å². The Morgan fingerprint density at radius 3 is 2.46 bits per heavy atom. The summed E-state index contributed by atoms with van der Waals surface area (Å²) >= 11 is 0. The number of carboxylic acids is 1. The Morgan fingerprint density at radius 1 is 1.07 bits per heavy atom. The van der Waals surface area contributed by atoms with Crippen molar-refractivity contribution in [1.82, 2.24) is 10.6 Å². The van der Waals surface area contributed by atoms with Gasteiger partial charge >= 0.3 is 5.97 Å². The molecule has 28 heavy (non-hydrogen) atoms. The number of nitrogens with one attached hydrogen (secondary N) is 2. The number of carboxylic acid groups (broad SMARTS) is 1. The molecule has 1 amide bonds. The Morgan fingerprint density at radius 2 is 1.79 bits per heavy atom. The van der Waals surface area contributed by atoms with Gasteiger partial charge in [-0.25, -0.2) is 4.79 Å². The van der Waals surface area contributed by atoms with Crippen LogP contribution in [0, 0.1) is 11.8 Å². The van der Waals surface area contributed by atoms with Crippen molar-refractivity contribution in [3.63, 3.8) is 0 Å². The molecule has 0 bridgehead atoms. The van der Waals surface area contributed by atoms with Crippen molar-refractivity contribution in [2.24, 2.45) is 11.8 Å². The van der Waals surface area contributed by atoms with Gasteiger partial charge in [-0.2, -0.15) is 0 Å². The topological polar surface area (TPSA) is 78.4 Å². The van der Waals surface area contributed by atoms with E-state index in [0.29, 0.717) is 12.3 Å². The second-order valence-electron chi connectivity index (χ2n) is 7.81. The van der Waals surface area contributed by atoms with E-state index in [1.54, 1.807) is 0 Å². The second kappa shape index (κ2) is 9.69. The zero-order valence-electron chi connectivity index (χ0n) is 16.5. The predicted molar refractivity (Wildman–Crippen MR) is 111 cm³/mol. The normalized spacial score (nSPS) is 20.6. The molecule has 0 spiro atoms. The van der Waals surface area contributed by atoms with Gasteiger partial charge < -0.3 is 15.7 Å². The van der Waals surface area contributed by atoms with Crippen molar-refractivity contribution in [1.29, 1.82) is 0 Å². The van der Waals surface area contributed by atoms with Crippen LogP contribution in [0.25, 0.3) is 10.8 Å². The number of amides is 1. The highest BCUT2D eigenvalue weighted by Crippen LogP contribution is 2.28. The van der Waals surface area contributed by atoms with E-state index in [4.69, 9.17) is 0 Å². The highest BCUT2D eigenvalue weighted by atomic mass is 16.4. The van der Waals surface area contributed by atoms with Crippen molar-refractivity contribution >= 4 is 22.6 Å². The molecule has 0 radical (unpaired) electrons. The molecule has 0 saturated heterocycles. The monoisotopic (exact) mass is 382 g/mol. The molecule has 1 fully saturated rings. The first-order chi connectivity index (χ1) is 13.6. The third-order valence-electron chi connectivity index (χ3n) is 5.77. The first-order valence-electron chi connectivity index (χ1n) is 10.3. The summed E-state index contributed by atoms with van der Waals surface area (Å²) in [6, 6.07) is 13.0. The molecule has 1 atom stereocenters. The molecule has 1 aliphatic rings. The Kier molecular flexibility index (Phi) is 7.04. The van der Waals surface area contributed by atoms with Crippen LogP contribution in [0.15, 0.2) is 42.5 Å². The SMILES string of the molecule is CCNCC1CCC(C(=O)N[C@@H](Cc2ccc3ccccc3c2)C(=O)O)CC1. The van der Waals surface area contributed by atoms with E-state index in [1.165, 1.54) is 0 Å². The van der Waals surface area contributed by atoms with Crippen molar-refractivity contribution < 1.29 is 14.7 Å². The minimum atomic E-state index is -0.984. The van der Waals surface area contributed by atoms with Gasteiger partial charge in [0.15, 0.2) is 0 Å². The average Bonchev–Trinajstić information content (AvgIpc) is 2.72. The van der Waals surface area contributed by atoms with Crippen LogP contribution in [-0.4, -0.2) is 36.1 Å². The van der Waals surface area contributed by atoms with E-state index in [9.17, 15) is 14.7 Å². The van der Waals surface area contributed by atoms with Crippen LogP contribution >= 0.6 is 0 Å². The lowest BCUT2D eigenvalue weighted by Crippen LogP contribution is -2.45. The maximum atomic E-state index is 12.6. The van der Waals surface area contributed by atoms with Gasteiger partial charge in [-0.1, -0.05) is 49.4 Å². The summed E-state index contributed by atoms with van der Waals surface area (Å²) in [5.41, 5.74) is 0.917. The van der Waals surface area contributed by atoms with E-state index >= 15 is 0 Å². The predicted octanol–water partition coefficient (Wildman–Crippen LogP) is 3.37. The quantitative estimate of drug-likeness (QED) is 0.654. The molecular weight excluding hydrogens is 352 g/mol. The molecule has 0 aliphatic heterocycles. The van der Waals surface area contributed by atoms with E-state index in [1.807, 2.05) is 42.5 Å². The molecule has 1 saturated carbocycles. The summed E-state index contributed by atoms with van der Waals surface area (Å²) in [7, 11) is 0. The van der Waals surface area contributed by atoms with E-state index in [2.05, 4.69) is 17.6 Å². The Bertz CT molecular complexity index is 812. The van der Waals surface area contributed by atoms with Crippen LogP contribution in [0.4, 0.5) is 0 Å². The first kappa shape index (κ1) is 20.3. The van der Waals surface area contributed by atoms with Crippen LogP contribution in [0.2, 0.25) is 0 Å². The molecule has 2 aromatic rings. The first-order valence-corrected chi connectivity index (χ1v) is 10.3. The number of fused-ring (bicyclic) bond motifs is 1. The summed E-state index contributed by atoms with van der Waals surface area (Å²) in [4.78, 5) is 24.4. The second-order valence-corrected chi connectivity index (χ2v) is 7.81. The maximum Gasteiger partial charge on any atom is 0.326 e. The zero-order chi connectivity index (χ0) is 19.9. The summed E-state index contributed by atoms with van der Waals surface area (Å²) in [5, 5.41) is 18.0. The molecule has 5 heteroatoms. The largest absolute Gasteiger partial charge is 0.480 e. The Labute approximate surface area is 166 Å². The molecular formula is C23H30N2O3. The van der Waals surface area contributed by atoms with Crippen LogP contribution in [0.1, 0.15) is 38.2 Å². The highest BCUT2D eigenvalue weighted by Gasteiger charge is 2.29. The fraction of sp³-hybridized carbons (Fsp3) is 0.478. The summed E-state index contributed by atoms with van der Waals surface area (Å²) < 4.78 is 0. The van der Waals surface area contributed by atoms with E-state index < -0.39 is 12.0 Å². The standard InChI is InChI=1S/C23H30N2O3/c1-2-24-15-16-7-11-19(12-8-16)22(26)25-21(23(27)28)14-17-9-10-18-5-3-4-6-20(18)13-17/h3-6,9-10,13,16,19,21,24H,2,7-8,11-12,14-15H2,1H3,(H,25,26)(H,27,28)/t16?,19?,21-/m0/s1. The van der Waals surface area contributed by atoms with Gasteiger partial charge in [-0.3, -0.25) is 4.79 Å². The molecule has 150 valence electrons. The van der Waals surface area contributed by atoms with E-state index in [-0.39, 0.29) is 11.8 Å². The lowest BCUT2D eigenvalue weighted by Gasteiger charge is -2.28. The zero-order valence-corrected chi connectivity index (χ0v) is 16.5. The van der Waals surface area contributed by atoms with Crippen LogP contribution < -0.4 is 10.6 Å². The Hall–Kier alpha value is -2.40. The smallest absolute Gasteiger partial charge is 0.326 e. The molecule has 0 aromatic heterocycles. The fourth-order valence-corrected chi connectivity index (χ4v) is 4.07. The summed E-state index contributed by atoms with van der Waals surface area (Å²) in [6.45, 7) is 4.07. The van der Waals surface area contributed by atoms with Crippen molar-refractivity contribution in [3.05, 3.63) is 48.0 Å². The Balaban J connectivity index is 1.58. The van der Waals surface area contributed by atoms with Gasteiger partial charge in [-0.05, 0) is 61.0 Å². The number of aliphatic carboxylic acids is 1. The van der Waals surface area contributed by atoms with Gasteiger partial charge in [0.05, 0.1) is 0 Å². The molecule has 0 heterocycles. The van der Waals surface area contributed by atoms with Crippen molar-refractivity contribution in [2.45, 2.75) is 45.1 Å². The minimum Gasteiger partial charge on any atom is -0.480 e. The van der Waals surface area contributed by atoms with Crippen molar-refractivity contribution in [3.8, 4) is 0 Å². The van der Waals surface area contributed by atoms with Gasteiger partial charge in [0.2, 0.25) is 5.91 Å². The molecule has 3 N–H and O–H groups in total. The van der Waals surface area contributed by atoms with Gasteiger partial charge in [0, 0.05) is 12.3 Å². The lowest BCUT2D eigenvalue weighted by molar-refractivity contribution is -0.142. The number of carbonyl (C=O) groups excluding carboxylic acids is 1. The molecule has 3 rings (SSSR count). The number of rotatable bonds is 8. The average molecular weight is 383 g/mol. The fourth-order valence-electron chi connectivity index (χ4n) is 4.07. The molecule has 2 aromatic carbocycles. The molecule has 1 aliphatic carbocycles. The van der Waals surface area contributed by atoms with Crippen LogP contribution in [-0.2, 0) is 16.0 Å². The number of hydrogen-bond donors (Lipinski definition) is 3. The minimum absolute atomic E-state index is 0.0728. The van der Waals surface area contributed by atoms with Gasteiger partial charge in [-0.15, -0.1) is 0 Å². The highest BCUT2D eigenvalue weighted by molar-refractivity contribution is 5.86. The van der Waals surface area contributed by atoms with Gasteiger partial charge in [0.25, 0.3) is 0 Å². The van der Waals surface area contributed by atoms with Crippen molar-refractivity contribution in [2.75, 3.05) is 13.1 Å².